The van der Waals surface area contributed by atoms with Gasteiger partial charge in [-0.05, 0) is 47.9 Å². The van der Waals surface area contributed by atoms with Crippen molar-refractivity contribution in [1.82, 2.24) is 4.72 Å². The summed E-state index contributed by atoms with van der Waals surface area (Å²) in [5.74, 6) is -0.433. The standard InChI is InChI=1S/C18H24N4O6S/c1-27-15-9-11-5-6-13(8-12(11)10-16(15)28-2)29(25,26)22-14(17(23)24)4-3-7-21-18(19)20/h5-6,8-10,14,22H,3-4,7H2,1-2H3,(H,23,24)(H4,19,20,21)/t14-/m0/s1. The third-order valence-electron chi connectivity index (χ3n) is 4.17. The highest BCUT2D eigenvalue weighted by Crippen LogP contribution is 2.33. The van der Waals surface area contributed by atoms with Gasteiger partial charge in [0.25, 0.3) is 0 Å². The lowest BCUT2D eigenvalue weighted by atomic mass is 10.1. The second kappa shape index (κ2) is 9.43. The van der Waals surface area contributed by atoms with Gasteiger partial charge in [0.2, 0.25) is 10.0 Å². The number of benzene rings is 2. The molecule has 29 heavy (non-hydrogen) atoms. The summed E-state index contributed by atoms with van der Waals surface area (Å²) in [5.41, 5.74) is 10.4. The predicted octanol–water partition coefficient (Wildman–Crippen LogP) is 0.642. The molecule has 2 rings (SSSR count). The lowest BCUT2D eigenvalue weighted by Gasteiger charge is -2.15. The number of carbonyl (C=O) groups is 1. The Morgan fingerprint density at radius 2 is 1.76 bits per heavy atom. The van der Waals surface area contributed by atoms with Crippen LogP contribution in [0.15, 0.2) is 40.2 Å². The van der Waals surface area contributed by atoms with Crippen LogP contribution in [-0.2, 0) is 14.8 Å². The fraction of sp³-hybridized carbons (Fsp3) is 0.333. The first-order chi connectivity index (χ1) is 13.7. The van der Waals surface area contributed by atoms with Gasteiger partial charge >= 0.3 is 5.97 Å². The molecule has 0 amide bonds. The van der Waals surface area contributed by atoms with Crippen molar-refractivity contribution < 1.29 is 27.8 Å². The van der Waals surface area contributed by atoms with Gasteiger partial charge in [0.1, 0.15) is 6.04 Å². The van der Waals surface area contributed by atoms with E-state index in [9.17, 15) is 18.3 Å². The summed E-state index contributed by atoms with van der Waals surface area (Å²) in [6.07, 6.45) is 0.329. The summed E-state index contributed by atoms with van der Waals surface area (Å²) in [6, 6.07) is 6.52. The average Bonchev–Trinajstić information content (AvgIpc) is 2.68. The molecule has 158 valence electrons. The van der Waals surface area contributed by atoms with E-state index in [-0.39, 0.29) is 23.8 Å². The van der Waals surface area contributed by atoms with Crippen molar-refractivity contribution in [1.29, 1.82) is 0 Å². The van der Waals surface area contributed by atoms with E-state index in [0.29, 0.717) is 23.3 Å². The number of carboxylic acid groups (broad SMARTS) is 1. The Kier molecular flexibility index (Phi) is 7.23. The Morgan fingerprint density at radius 1 is 1.14 bits per heavy atom. The third-order valence-corrected chi connectivity index (χ3v) is 5.63. The Balaban J connectivity index is 2.27. The van der Waals surface area contributed by atoms with Gasteiger partial charge in [-0.15, -0.1) is 0 Å². The molecule has 11 heteroatoms. The van der Waals surface area contributed by atoms with Crippen molar-refractivity contribution in [2.75, 3.05) is 20.8 Å². The largest absolute Gasteiger partial charge is 0.493 e. The molecule has 1 atom stereocenters. The number of aliphatic carboxylic acids is 1. The molecule has 2 aromatic carbocycles. The highest BCUT2D eigenvalue weighted by Gasteiger charge is 2.25. The third kappa shape index (κ3) is 5.72. The molecule has 0 aliphatic carbocycles. The minimum absolute atomic E-state index is 0.0317. The van der Waals surface area contributed by atoms with Crippen molar-refractivity contribution in [3.63, 3.8) is 0 Å². The number of nitrogens with one attached hydrogen (secondary N) is 1. The van der Waals surface area contributed by atoms with Gasteiger partial charge in [-0.25, -0.2) is 8.42 Å². The summed E-state index contributed by atoms with van der Waals surface area (Å²) in [6.45, 7) is 0.200. The topological polar surface area (TPSA) is 166 Å². The van der Waals surface area contributed by atoms with E-state index < -0.39 is 22.0 Å². The van der Waals surface area contributed by atoms with E-state index in [1.807, 2.05) is 0 Å². The number of methoxy groups -OCH3 is 2. The van der Waals surface area contributed by atoms with Crippen molar-refractivity contribution >= 4 is 32.7 Å². The monoisotopic (exact) mass is 424 g/mol. The molecule has 0 saturated carbocycles. The number of nitrogens with zero attached hydrogens (tertiary/aromatic N) is 1. The first kappa shape index (κ1) is 22.2. The fourth-order valence-corrected chi connectivity index (χ4v) is 3.97. The molecule has 0 radical (unpaired) electrons. The average molecular weight is 424 g/mol. The van der Waals surface area contributed by atoms with Gasteiger partial charge in [0.15, 0.2) is 17.5 Å². The van der Waals surface area contributed by atoms with Gasteiger partial charge in [-0.3, -0.25) is 9.79 Å². The Hall–Kier alpha value is -3.05. The van der Waals surface area contributed by atoms with E-state index >= 15 is 0 Å². The molecule has 6 N–H and O–H groups in total. The van der Waals surface area contributed by atoms with E-state index in [2.05, 4.69) is 9.71 Å². The van der Waals surface area contributed by atoms with Gasteiger partial charge in [-0.2, -0.15) is 4.72 Å². The van der Waals surface area contributed by atoms with Gasteiger partial charge in [0, 0.05) is 6.54 Å². The Morgan fingerprint density at radius 3 is 2.31 bits per heavy atom. The smallest absolute Gasteiger partial charge is 0.321 e. The van der Waals surface area contributed by atoms with Crippen molar-refractivity contribution in [2.45, 2.75) is 23.8 Å². The maximum absolute atomic E-state index is 12.7. The number of fused-ring (bicyclic) bond motifs is 1. The predicted molar refractivity (Wildman–Crippen MR) is 109 cm³/mol. The highest BCUT2D eigenvalue weighted by atomic mass is 32.2. The zero-order chi connectivity index (χ0) is 21.6. The minimum Gasteiger partial charge on any atom is -0.493 e. The normalized spacial score (nSPS) is 12.3. The number of hydrogen-bond donors (Lipinski definition) is 4. The lowest BCUT2D eigenvalue weighted by molar-refractivity contribution is -0.139. The van der Waals surface area contributed by atoms with Crippen LogP contribution in [0.2, 0.25) is 0 Å². The molecule has 0 unspecified atom stereocenters. The van der Waals surface area contributed by atoms with Crippen LogP contribution >= 0.6 is 0 Å². The van der Waals surface area contributed by atoms with Crippen LogP contribution in [0.5, 0.6) is 11.5 Å². The van der Waals surface area contributed by atoms with Gasteiger partial charge in [0.05, 0.1) is 19.1 Å². The summed E-state index contributed by atoms with van der Waals surface area (Å²) >= 11 is 0. The second-order valence-electron chi connectivity index (χ2n) is 6.18. The van der Waals surface area contributed by atoms with Crippen LogP contribution in [0.4, 0.5) is 0 Å². The van der Waals surface area contributed by atoms with E-state index in [0.717, 1.165) is 5.39 Å². The minimum atomic E-state index is -4.07. The molecular formula is C18H24N4O6S. The number of carboxylic acids is 1. The number of hydrogen-bond acceptors (Lipinski definition) is 6. The van der Waals surface area contributed by atoms with Crippen molar-refractivity contribution in [2.24, 2.45) is 16.5 Å². The molecule has 0 aromatic heterocycles. The fourth-order valence-electron chi connectivity index (χ4n) is 2.71. The number of nitrogens with two attached hydrogens (primary N) is 2. The molecule has 10 nitrogen and oxygen atoms in total. The Bertz CT molecular complexity index is 1020. The molecule has 0 bridgehead atoms. The van der Waals surface area contributed by atoms with E-state index in [4.69, 9.17) is 20.9 Å². The zero-order valence-electron chi connectivity index (χ0n) is 16.1. The van der Waals surface area contributed by atoms with Gasteiger partial charge in [-0.1, -0.05) is 6.07 Å². The summed E-state index contributed by atoms with van der Waals surface area (Å²) in [4.78, 5) is 15.2. The summed E-state index contributed by atoms with van der Waals surface area (Å²) in [7, 11) is -1.09. The summed E-state index contributed by atoms with van der Waals surface area (Å²) in [5, 5.41) is 10.7. The molecule has 2 aromatic rings. The van der Waals surface area contributed by atoms with Crippen LogP contribution in [-0.4, -0.2) is 52.3 Å². The van der Waals surface area contributed by atoms with E-state index in [1.54, 1.807) is 18.2 Å². The van der Waals surface area contributed by atoms with Gasteiger partial charge < -0.3 is 26.0 Å². The molecule has 0 aliphatic rings. The number of sulfonamides is 1. The quantitative estimate of drug-likeness (QED) is 0.245. The van der Waals surface area contributed by atoms with Crippen LogP contribution in [0.25, 0.3) is 10.8 Å². The second-order valence-corrected chi connectivity index (χ2v) is 7.89. The van der Waals surface area contributed by atoms with Crippen LogP contribution in [0.1, 0.15) is 12.8 Å². The van der Waals surface area contributed by atoms with E-state index in [1.165, 1.54) is 26.4 Å². The first-order valence-electron chi connectivity index (χ1n) is 8.64. The molecule has 0 aliphatic heterocycles. The van der Waals surface area contributed by atoms with Crippen molar-refractivity contribution in [3.05, 3.63) is 30.3 Å². The van der Waals surface area contributed by atoms with Crippen LogP contribution in [0.3, 0.4) is 0 Å². The molecule has 0 heterocycles. The van der Waals surface area contributed by atoms with Crippen molar-refractivity contribution in [3.8, 4) is 11.5 Å². The Labute approximate surface area is 168 Å². The maximum atomic E-state index is 12.7. The molecule has 0 fully saturated rings. The molecule has 0 saturated heterocycles. The van der Waals surface area contributed by atoms with Crippen LogP contribution in [0, 0.1) is 0 Å². The summed E-state index contributed by atoms with van der Waals surface area (Å²) < 4.78 is 38.1. The number of rotatable bonds is 10. The maximum Gasteiger partial charge on any atom is 0.321 e. The molecule has 0 spiro atoms. The number of guanidine groups is 1. The van der Waals surface area contributed by atoms with Crippen LogP contribution < -0.4 is 25.7 Å². The molecular weight excluding hydrogens is 400 g/mol. The number of aliphatic imine (C=N–C) groups is 1. The highest BCUT2D eigenvalue weighted by molar-refractivity contribution is 7.89. The number of ether oxygens (including phenoxy) is 2. The SMILES string of the molecule is COc1cc2ccc(S(=O)(=O)N[C@@H](CCCN=C(N)N)C(=O)O)cc2cc1OC. The zero-order valence-corrected chi connectivity index (χ0v) is 16.9. The first-order valence-corrected chi connectivity index (χ1v) is 10.1. The lowest BCUT2D eigenvalue weighted by Crippen LogP contribution is -2.40.